The first kappa shape index (κ1) is 15.3. The van der Waals surface area contributed by atoms with Crippen molar-refractivity contribution in [3.63, 3.8) is 0 Å². The lowest BCUT2D eigenvalue weighted by Crippen LogP contribution is -2.55. The summed E-state index contributed by atoms with van der Waals surface area (Å²) in [4.78, 5) is 11.8. The topological polar surface area (TPSA) is 50.4 Å². The number of rotatable bonds is 5. The lowest BCUT2D eigenvalue weighted by Gasteiger charge is -2.43. The van der Waals surface area contributed by atoms with Crippen molar-refractivity contribution < 1.29 is 9.53 Å². The third-order valence-corrected chi connectivity index (χ3v) is 3.63. The van der Waals surface area contributed by atoms with Crippen molar-refractivity contribution in [2.75, 3.05) is 7.05 Å². The SMILES string of the molecule is CNC(C)CCC1(NC(=O)OC(C)(C)C)CCC1. The maximum Gasteiger partial charge on any atom is 0.408 e. The molecule has 0 aromatic carbocycles. The van der Waals surface area contributed by atoms with Gasteiger partial charge in [0.25, 0.3) is 0 Å². The highest BCUT2D eigenvalue weighted by Gasteiger charge is 2.39. The van der Waals surface area contributed by atoms with Crippen molar-refractivity contribution >= 4 is 6.09 Å². The van der Waals surface area contributed by atoms with Crippen LogP contribution in [0.4, 0.5) is 4.79 Å². The molecular weight excluding hydrogens is 228 g/mol. The zero-order chi connectivity index (χ0) is 13.8. The summed E-state index contributed by atoms with van der Waals surface area (Å²) in [7, 11) is 1.97. The molecular formula is C14H28N2O2. The first-order valence-electron chi connectivity index (χ1n) is 6.95. The minimum Gasteiger partial charge on any atom is -0.444 e. The lowest BCUT2D eigenvalue weighted by atomic mass is 9.73. The van der Waals surface area contributed by atoms with Crippen LogP contribution in [-0.2, 0) is 4.74 Å². The van der Waals surface area contributed by atoms with E-state index in [4.69, 9.17) is 4.74 Å². The molecule has 0 radical (unpaired) electrons. The van der Waals surface area contributed by atoms with Gasteiger partial charge in [0.05, 0.1) is 0 Å². The molecule has 0 heterocycles. The third kappa shape index (κ3) is 4.84. The molecule has 1 saturated carbocycles. The summed E-state index contributed by atoms with van der Waals surface area (Å²) in [6, 6.07) is 0.489. The van der Waals surface area contributed by atoms with Crippen LogP contribution in [0.5, 0.6) is 0 Å². The minimum atomic E-state index is -0.423. The highest BCUT2D eigenvalue weighted by molar-refractivity contribution is 5.69. The molecule has 1 rings (SSSR count). The molecule has 1 amide bonds. The molecule has 0 spiro atoms. The first-order chi connectivity index (χ1) is 8.26. The summed E-state index contributed by atoms with van der Waals surface area (Å²) < 4.78 is 5.34. The maximum absolute atomic E-state index is 11.8. The summed E-state index contributed by atoms with van der Waals surface area (Å²) in [5.74, 6) is 0. The number of amides is 1. The van der Waals surface area contributed by atoms with Gasteiger partial charge in [-0.2, -0.15) is 0 Å². The smallest absolute Gasteiger partial charge is 0.408 e. The van der Waals surface area contributed by atoms with Crippen molar-refractivity contribution in [2.24, 2.45) is 0 Å². The van der Waals surface area contributed by atoms with E-state index in [9.17, 15) is 4.79 Å². The van der Waals surface area contributed by atoms with Crippen LogP contribution >= 0.6 is 0 Å². The molecule has 1 atom stereocenters. The lowest BCUT2D eigenvalue weighted by molar-refractivity contribution is 0.0364. The van der Waals surface area contributed by atoms with E-state index in [1.165, 1.54) is 6.42 Å². The number of hydrogen-bond acceptors (Lipinski definition) is 3. The Balaban J connectivity index is 2.43. The normalized spacial score (nSPS) is 19.8. The molecule has 18 heavy (non-hydrogen) atoms. The summed E-state index contributed by atoms with van der Waals surface area (Å²) in [5, 5.41) is 6.31. The van der Waals surface area contributed by atoms with Crippen molar-refractivity contribution in [2.45, 2.75) is 77.0 Å². The molecule has 0 aromatic rings. The fraction of sp³-hybridized carbons (Fsp3) is 0.929. The Morgan fingerprint density at radius 1 is 1.39 bits per heavy atom. The second-order valence-corrected chi connectivity index (χ2v) is 6.49. The van der Waals surface area contributed by atoms with Gasteiger partial charge in [-0.3, -0.25) is 0 Å². The van der Waals surface area contributed by atoms with Crippen LogP contribution < -0.4 is 10.6 Å². The van der Waals surface area contributed by atoms with E-state index in [1.807, 2.05) is 27.8 Å². The number of alkyl carbamates (subject to hydrolysis) is 1. The number of carbonyl (C=O) groups excluding carboxylic acids is 1. The van der Waals surface area contributed by atoms with Crippen LogP contribution in [0, 0.1) is 0 Å². The van der Waals surface area contributed by atoms with Gasteiger partial charge in [-0.05, 0) is 66.8 Å². The van der Waals surface area contributed by atoms with Crippen molar-refractivity contribution in [1.29, 1.82) is 0 Å². The molecule has 106 valence electrons. The Bertz CT molecular complexity index is 280. The largest absolute Gasteiger partial charge is 0.444 e. The van der Waals surface area contributed by atoms with Crippen molar-refractivity contribution in [3.05, 3.63) is 0 Å². The Hall–Kier alpha value is -0.770. The Morgan fingerprint density at radius 2 is 2.00 bits per heavy atom. The van der Waals surface area contributed by atoms with Gasteiger partial charge in [0.15, 0.2) is 0 Å². The molecule has 0 aliphatic heterocycles. The number of carbonyl (C=O) groups is 1. The number of ether oxygens (including phenoxy) is 1. The highest BCUT2D eigenvalue weighted by atomic mass is 16.6. The number of hydrogen-bond donors (Lipinski definition) is 2. The van der Waals surface area contributed by atoms with Crippen LogP contribution in [0.2, 0.25) is 0 Å². The fourth-order valence-corrected chi connectivity index (χ4v) is 2.20. The third-order valence-electron chi connectivity index (χ3n) is 3.63. The zero-order valence-electron chi connectivity index (χ0n) is 12.4. The van der Waals surface area contributed by atoms with E-state index >= 15 is 0 Å². The van der Waals surface area contributed by atoms with E-state index in [0.717, 1.165) is 25.7 Å². The predicted molar refractivity (Wildman–Crippen MR) is 73.7 cm³/mol. The van der Waals surface area contributed by atoms with Gasteiger partial charge in [0.2, 0.25) is 0 Å². The molecule has 0 aromatic heterocycles. The van der Waals surface area contributed by atoms with E-state index in [-0.39, 0.29) is 11.6 Å². The van der Waals surface area contributed by atoms with Crippen molar-refractivity contribution in [1.82, 2.24) is 10.6 Å². The molecule has 0 saturated heterocycles. The molecule has 4 nitrogen and oxygen atoms in total. The molecule has 1 aliphatic rings. The van der Waals surface area contributed by atoms with Gasteiger partial charge in [0, 0.05) is 11.6 Å². The van der Waals surface area contributed by atoms with Gasteiger partial charge in [-0.15, -0.1) is 0 Å². The second-order valence-electron chi connectivity index (χ2n) is 6.49. The Kier molecular flexibility index (Phi) is 5.02. The van der Waals surface area contributed by atoms with E-state index in [0.29, 0.717) is 6.04 Å². The molecule has 1 aliphatic carbocycles. The maximum atomic E-state index is 11.8. The summed E-state index contributed by atoms with van der Waals surface area (Å²) >= 11 is 0. The zero-order valence-corrected chi connectivity index (χ0v) is 12.4. The standard InChI is InChI=1S/C14H28N2O2/c1-11(15-5)7-10-14(8-6-9-14)16-12(17)18-13(2,3)4/h11,15H,6-10H2,1-5H3,(H,16,17). The molecule has 2 N–H and O–H groups in total. The summed E-state index contributed by atoms with van der Waals surface area (Å²) in [6.07, 6.45) is 5.16. The van der Waals surface area contributed by atoms with E-state index in [2.05, 4.69) is 17.6 Å². The minimum absolute atomic E-state index is 0.0204. The van der Waals surface area contributed by atoms with Crippen LogP contribution in [0.25, 0.3) is 0 Å². The fourth-order valence-electron chi connectivity index (χ4n) is 2.20. The number of nitrogens with one attached hydrogen (secondary N) is 2. The van der Waals surface area contributed by atoms with Gasteiger partial charge in [-0.1, -0.05) is 0 Å². The Morgan fingerprint density at radius 3 is 2.39 bits per heavy atom. The molecule has 1 unspecified atom stereocenters. The second kappa shape index (κ2) is 5.91. The average molecular weight is 256 g/mol. The van der Waals surface area contributed by atoms with Gasteiger partial charge in [0.1, 0.15) is 5.60 Å². The van der Waals surface area contributed by atoms with E-state index < -0.39 is 5.60 Å². The monoisotopic (exact) mass is 256 g/mol. The molecule has 1 fully saturated rings. The average Bonchev–Trinajstić information content (AvgIpc) is 2.18. The molecule has 0 bridgehead atoms. The molecule has 4 heteroatoms. The first-order valence-corrected chi connectivity index (χ1v) is 6.95. The predicted octanol–water partition coefficient (Wildman–Crippen LogP) is 2.82. The van der Waals surface area contributed by atoms with Crippen LogP contribution in [0.1, 0.15) is 59.8 Å². The highest BCUT2D eigenvalue weighted by Crippen LogP contribution is 2.36. The summed E-state index contributed by atoms with van der Waals surface area (Å²) in [6.45, 7) is 7.84. The van der Waals surface area contributed by atoms with Gasteiger partial charge < -0.3 is 15.4 Å². The summed E-state index contributed by atoms with van der Waals surface area (Å²) in [5.41, 5.74) is -0.444. The van der Waals surface area contributed by atoms with Crippen molar-refractivity contribution in [3.8, 4) is 0 Å². The van der Waals surface area contributed by atoms with Crippen LogP contribution in [0.3, 0.4) is 0 Å². The quantitative estimate of drug-likeness (QED) is 0.795. The van der Waals surface area contributed by atoms with Gasteiger partial charge in [-0.25, -0.2) is 4.79 Å². The van der Waals surface area contributed by atoms with E-state index in [1.54, 1.807) is 0 Å². The van der Waals surface area contributed by atoms with Crippen LogP contribution in [0.15, 0.2) is 0 Å². The Labute approximate surface area is 111 Å². The van der Waals surface area contributed by atoms with Crippen LogP contribution in [-0.4, -0.2) is 30.3 Å². The van der Waals surface area contributed by atoms with Gasteiger partial charge >= 0.3 is 6.09 Å².